The van der Waals surface area contributed by atoms with Crippen LogP contribution in [0.5, 0.6) is 5.75 Å². The van der Waals surface area contributed by atoms with Crippen molar-refractivity contribution in [2.24, 2.45) is 0 Å². The lowest BCUT2D eigenvalue weighted by Gasteiger charge is -2.08. The molecular weight excluding hydrogens is 297 g/mol. The molecule has 0 aliphatic heterocycles. The molecular formula is C18H18FNO3. The van der Waals surface area contributed by atoms with E-state index in [2.05, 4.69) is 5.32 Å². The lowest BCUT2D eigenvalue weighted by atomic mass is 10.1. The zero-order valence-electron chi connectivity index (χ0n) is 12.8. The fourth-order valence-electron chi connectivity index (χ4n) is 2.04. The summed E-state index contributed by atoms with van der Waals surface area (Å²) in [7, 11) is 0. The molecule has 0 aliphatic rings. The Balaban J connectivity index is 1.75. The Hall–Kier alpha value is -2.69. The quantitative estimate of drug-likeness (QED) is 0.799. The second kappa shape index (κ2) is 8.08. The summed E-state index contributed by atoms with van der Waals surface area (Å²) in [6.45, 7) is 1.74. The number of halogens is 1. The van der Waals surface area contributed by atoms with Gasteiger partial charge in [0.2, 0.25) is 0 Å². The summed E-state index contributed by atoms with van der Waals surface area (Å²) in [4.78, 5) is 23.0. The number of amides is 1. The third-order valence-electron chi connectivity index (χ3n) is 3.24. The largest absolute Gasteiger partial charge is 0.484 e. The van der Waals surface area contributed by atoms with Crippen LogP contribution >= 0.6 is 0 Å². The predicted octanol–water partition coefficient (Wildman–Crippen LogP) is 2.77. The van der Waals surface area contributed by atoms with Gasteiger partial charge in [-0.15, -0.1) is 0 Å². The predicted molar refractivity (Wildman–Crippen MR) is 85.1 cm³/mol. The molecule has 2 rings (SSSR count). The topological polar surface area (TPSA) is 55.4 Å². The summed E-state index contributed by atoms with van der Waals surface area (Å²) < 4.78 is 18.4. The van der Waals surface area contributed by atoms with Crippen molar-refractivity contribution in [3.63, 3.8) is 0 Å². The third-order valence-corrected chi connectivity index (χ3v) is 3.24. The number of Topliss-reactive ketones (excluding diaryl/α,β-unsaturated/α-hetero) is 1. The SMILES string of the molecule is CC(=O)c1cccc(OCC(=O)NCCc2cccc(F)c2)c1. The number of ether oxygens (including phenoxy) is 1. The normalized spacial score (nSPS) is 10.2. The zero-order chi connectivity index (χ0) is 16.7. The minimum absolute atomic E-state index is 0.0602. The van der Waals surface area contributed by atoms with Crippen molar-refractivity contribution in [3.05, 3.63) is 65.5 Å². The minimum atomic E-state index is -0.289. The van der Waals surface area contributed by atoms with E-state index in [9.17, 15) is 14.0 Å². The molecule has 0 heterocycles. The molecule has 1 amide bonds. The van der Waals surface area contributed by atoms with Gasteiger partial charge in [0.1, 0.15) is 11.6 Å². The van der Waals surface area contributed by atoms with E-state index in [-0.39, 0.29) is 24.1 Å². The molecule has 0 aliphatic carbocycles. The monoisotopic (exact) mass is 315 g/mol. The molecule has 5 heteroatoms. The summed E-state index contributed by atoms with van der Waals surface area (Å²) in [5, 5.41) is 2.70. The summed E-state index contributed by atoms with van der Waals surface area (Å²) >= 11 is 0. The average molecular weight is 315 g/mol. The van der Waals surface area contributed by atoms with Gasteiger partial charge in [0.25, 0.3) is 5.91 Å². The van der Waals surface area contributed by atoms with E-state index >= 15 is 0 Å². The number of hydrogen-bond donors (Lipinski definition) is 1. The number of nitrogens with one attached hydrogen (secondary N) is 1. The van der Waals surface area contributed by atoms with E-state index in [0.717, 1.165) is 5.56 Å². The molecule has 0 radical (unpaired) electrons. The van der Waals surface area contributed by atoms with Crippen molar-refractivity contribution in [1.82, 2.24) is 5.32 Å². The van der Waals surface area contributed by atoms with E-state index in [0.29, 0.717) is 24.3 Å². The highest BCUT2D eigenvalue weighted by atomic mass is 19.1. The van der Waals surface area contributed by atoms with Crippen molar-refractivity contribution in [1.29, 1.82) is 0 Å². The van der Waals surface area contributed by atoms with Gasteiger partial charge in [-0.25, -0.2) is 4.39 Å². The maximum Gasteiger partial charge on any atom is 0.257 e. The smallest absolute Gasteiger partial charge is 0.257 e. The van der Waals surface area contributed by atoms with E-state index in [1.807, 2.05) is 0 Å². The van der Waals surface area contributed by atoms with Crippen LogP contribution in [0, 0.1) is 5.82 Å². The molecule has 0 unspecified atom stereocenters. The fraction of sp³-hybridized carbons (Fsp3) is 0.222. The first kappa shape index (κ1) is 16.7. The number of carbonyl (C=O) groups is 2. The molecule has 2 aromatic rings. The van der Waals surface area contributed by atoms with Gasteiger partial charge in [-0.1, -0.05) is 24.3 Å². The van der Waals surface area contributed by atoms with Gasteiger partial charge in [-0.2, -0.15) is 0 Å². The number of hydrogen-bond acceptors (Lipinski definition) is 3. The van der Waals surface area contributed by atoms with Crippen molar-refractivity contribution in [2.75, 3.05) is 13.2 Å². The lowest BCUT2D eigenvalue weighted by Crippen LogP contribution is -2.30. The molecule has 23 heavy (non-hydrogen) atoms. The highest BCUT2D eigenvalue weighted by molar-refractivity contribution is 5.94. The molecule has 0 aromatic heterocycles. The molecule has 0 atom stereocenters. The molecule has 0 bridgehead atoms. The molecule has 4 nitrogen and oxygen atoms in total. The van der Waals surface area contributed by atoms with E-state index in [1.54, 1.807) is 36.4 Å². The van der Waals surface area contributed by atoms with Crippen LogP contribution in [-0.4, -0.2) is 24.8 Å². The Labute approximate surface area is 134 Å². The Morgan fingerprint density at radius 1 is 1.13 bits per heavy atom. The van der Waals surface area contributed by atoms with Crippen LogP contribution in [0.2, 0.25) is 0 Å². The lowest BCUT2D eigenvalue weighted by molar-refractivity contribution is -0.123. The maximum absolute atomic E-state index is 13.0. The summed E-state index contributed by atoms with van der Waals surface area (Å²) in [5.74, 6) is -0.148. The van der Waals surface area contributed by atoms with Crippen molar-refractivity contribution in [3.8, 4) is 5.75 Å². The Morgan fingerprint density at radius 2 is 1.91 bits per heavy atom. The number of ketones is 1. The van der Waals surface area contributed by atoms with Crippen LogP contribution in [0.4, 0.5) is 4.39 Å². The molecule has 0 saturated heterocycles. The first-order valence-electron chi connectivity index (χ1n) is 7.29. The molecule has 1 N–H and O–H groups in total. The van der Waals surface area contributed by atoms with Crippen molar-refractivity contribution >= 4 is 11.7 Å². The second-order valence-electron chi connectivity index (χ2n) is 5.10. The first-order valence-corrected chi connectivity index (χ1v) is 7.29. The molecule has 2 aromatic carbocycles. The molecule has 120 valence electrons. The highest BCUT2D eigenvalue weighted by Crippen LogP contribution is 2.13. The second-order valence-corrected chi connectivity index (χ2v) is 5.10. The number of benzene rings is 2. The Kier molecular flexibility index (Phi) is 5.86. The van der Waals surface area contributed by atoms with Crippen LogP contribution in [0.3, 0.4) is 0 Å². The van der Waals surface area contributed by atoms with Gasteiger partial charge < -0.3 is 10.1 Å². The third kappa shape index (κ3) is 5.54. The van der Waals surface area contributed by atoms with Crippen LogP contribution in [0.15, 0.2) is 48.5 Å². The zero-order valence-corrected chi connectivity index (χ0v) is 12.8. The van der Waals surface area contributed by atoms with Gasteiger partial charge in [-0.05, 0) is 43.2 Å². The van der Waals surface area contributed by atoms with Gasteiger partial charge in [-0.3, -0.25) is 9.59 Å². The van der Waals surface area contributed by atoms with Gasteiger partial charge in [0.15, 0.2) is 12.4 Å². The Bertz CT molecular complexity index is 700. The highest BCUT2D eigenvalue weighted by Gasteiger charge is 2.05. The molecule has 0 fully saturated rings. The summed E-state index contributed by atoms with van der Waals surface area (Å²) in [6, 6.07) is 12.9. The Morgan fingerprint density at radius 3 is 2.65 bits per heavy atom. The number of carbonyl (C=O) groups excluding carboxylic acids is 2. The number of rotatable bonds is 7. The van der Waals surface area contributed by atoms with Crippen LogP contribution < -0.4 is 10.1 Å². The van der Waals surface area contributed by atoms with Crippen LogP contribution in [0.25, 0.3) is 0 Å². The van der Waals surface area contributed by atoms with E-state index < -0.39 is 0 Å². The first-order chi connectivity index (χ1) is 11.0. The van der Waals surface area contributed by atoms with Gasteiger partial charge in [0, 0.05) is 12.1 Å². The van der Waals surface area contributed by atoms with Gasteiger partial charge >= 0.3 is 0 Å². The van der Waals surface area contributed by atoms with E-state index in [4.69, 9.17) is 4.74 Å². The average Bonchev–Trinajstić information content (AvgIpc) is 2.53. The van der Waals surface area contributed by atoms with Crippen LogP contribution in [0.1, 0.15) is 22.8 Å². The van der Waals surface area contributed by atoms with E-state index in [1.165, 1.54) is 19.1 Å². The van der Waals surface area contributed by atoms with Crippen molar-refractivity contribution in [2.45, 2.75) is 13.3 Å². The fourth-order valence-corrected chi connectivity index (χ4v) is 2.04. The van der Waals surface area contributed by atoms with Crippen molar-refractivity contribution < 1.29 is 18.7 Å². The summed E-state index contributed by atoms with van der Waals surface area (Å²) in [5.41, 5.74) is 1.36. The minimum Gasteiger partial charge on any atom is -0.484 e. The standard InChI is InChI=1S/C18H18FNO3/c1-13(21)15-5-3-7-17(11-15)23-12-18(22)20-9-8-14-4-2-6-16(19)10-14/h2-7,10-11H,8-9,12H2,1H3,(H,20,22). The van der Waals surface area contributed by atoms with Gasteiger partial charge in [0.05, 0.1) is 0 Å². The molecule has 0 spiro atoms. The maximum atomic E-state index is 13.0. The van der Waals surface area contributed by atoms with Crippen LogP contribution in [-0.2, 0) is 11.2 Å². The summed E-state index contributed by atoms with van der Waals surface area (Å²) in [6.07, 6.45) is 0.545. The molecule has 0 saturated carbocycles.